The number of aromatic hydroxyl groups is 1. The number of hydrogen-bond donors (Lipinski definition) is 2. The lowest BCUT2D eigenvalue weighted by molar-refractivity contribution is -0.139. The molecule has 6 heteroatoms. The highest BCUT2D eigenvalue weighted by Crippen LogP contribution is 2.40. The summed E-state index contributed by atoms with van der Waals surface area (Å²) in [5.41, 5.74) is 2.09. The average molecular weight is 484 g/mol. The summed E-state index contributed by atoms with van der Waals surface area (Å²) < 4.78 is 0. The van der Waals surface area contributed by atoms with Gasteiger partial charge in [-0.2, -0.15) is 0 Å². The maximum Gasteiger partial charge on any atom is 0.295 e. The molecule has 1 atom stereocenters. The van der Waals surface area contributed by atoms with E-state index >= 15 is 0 Å². The van der Waals surface area contributed by atoms with Crippen LogP contribution in [-0.2, 0) is 16.0 Å². The third-order valence-electron chi connectivity index (χ3n) is 6.33. The number of fused-ring (bicyclic) bond motifs is 1. The normalized spacial score (nSPS) is 17.3. The second-order valence-corrected chi connectivity index (χ2v) is 8.96. The monoisotopic (exact) mass is 483 g/mol. The van der Waals surface area contributed by atoms with Crippen molar-refractivity contribution in [2.24, 2.45) is 0 Å². The molecule has 0 aliphatic carbocycles. The number of benzene rings is 4. The number of Topliss-reactive ketones (excluding diaryl/α,β-unsaturated/α-hetero) is 1. The first-order valence-corrected chi connectivity index (χ1v) is 11.6. The molecule has 4 aromatic carbocycles. The Kier molecular flexibility index (Phi) is 6.01. The van der Waals surface area contributed by atoms with Crippen molar-refractivity contribution in [3.05, 3.63) is 118 Å². The van der Waals surface area contributed by atoms with Crippen molar-refractivity contribution in [1.29, 1.82) is 0 Å². The van der Waals surface area contributed by atoms with Crippen LogP contribution in [0.4, 0.5) is 0 Å². The van der Waals surface area contributed by atoms with Crippen LogP contribution in [0.2, 0.25) is 5.02 Å². The van der Waals surface area contributed by atoms with Gasteiger partial charge in [0.2, 0.25) is 0 Å². The maximum atomic E-state index is 13.2. The quantitative estimate of drug-likeness (QED) is 0.211. The third-order valence-corrected chi connectivity index (χ3v) is 6.58. The van der Waals surface area contributed by atoms with Crippen LogP contribution in [-0.4, -0.2) is 33.3 Å². The molecular formula is C29H22ClNO4. The van der Waals surface area contributed by atoms with Crippen LogP contribution in [0.3, 0.4) is 0 Å². The molecular weight excluding hydrogens is 462 g/mol. The second kappa shape index (κ2) is 9.28. The first kappa shape index (κ1) is 22.7. The SMILES string of the molecule is O=C1C(=O)N(CCc2ccc(Cl)cc2)C(c2ccc(O)cc2)/C1=C(/O)c1ccc2ccccc2c1. The van der Waals surface area contributed by atoms with Gasteiger partial charge in [0.25, 0.3) is 11.7 Å². The number of carbonyl (C=O) groups excluding carboxylic acids is 2. The van der Waals surface area contributed by atoms with Crippen molar-refractivity contribution in [2.75, 3.05) is 6.54 Å². The summed E-state index contributed by atoms with van der Waals surface area (Å²) in [6.07, 6.45) is 0.509. The van der Waals surface area contributed by atoms with Crippen LogP contribution in [0.1, 0.15) is 22.7 Å². The molecule has 5 nitrogen and oxygen atoms in total. The molecule has 0 bridgehead atoms. The number of hydrogen-bond acceptors (Lipinski definition) is 4. The van der Waals surface area contributed by atoms with E-state index in [4.69, 9.17) is 11.6 Å². The molecule has 0 saturated carbocycles. The number of ketones is 1. The van der Waals surface area contributed by atoms with Crippen molar-refractivity contribution in [1.82, 2.24) is 4.90 Å². The number of nitrogens with zero attached hydrogens (tertiary/aromatic N) is 1. The van der Waals surface area contributed by atoms with Gasteiger partial charge in [-0.05, 0) is 58.7 Å². The Morgan fingerprint density at radius 3 is 2.26 bits per heavy atom. The number of likely N-dealkylation sites (tertiary alicyclic amines) is 1. The van der Waals surface area contributed by atoms with E-state index in [9.17, 15) is 19.8 Å². The van der Waals surface area contributed by atoms with Crippen molar-refractivity contribution in [3.8, 4) is 5.75 Å². The Hall–Kier alpha value is -4.09. The van der Waals surface area contributed by atoms with Crippen molar-refractivity contribution < 1.29 is 19.8 Å². The molecule has 1 amide bonds. The Morgan fingerprint density at radius 2 is 1.54 bits per heavy atom. The molecule has 0 radical (unpaired) electrons. The van der Waals surface area contributed by atoms with E-state index < -0.39 is 17.7 Å². The lowest BCUT2D eigenvalue weighted by Gasteiger charge is -2.25. The molecule has 1 unspecified atom stereocenters. The van der Waals surface area contributed by atoms with E-state index in [1.807, 2.05) is 42.5 Å². The molecule has 0 aromatic heterocycles. The van der Waals surface area contributed by atoms with Gasteiger partial charge in [0.15, 0.2) is 0 Å². The Morgan fingerprint density at radius 1 is 0.857 bits per heavy atom. The lowest BCUT2D eigenvalue weighted by atomic mass is 9.94. The number of carbonyl (C=O) groups is 2. The van der Waals surface area contributed by atoms with E-state index in [0.29, 0.717) is 22.6 Å². The summed E-state index contributed by atoms with van der Waals surface area (Å²) in [5, 5.41) is 23.6. The second-order valence-electron chi connectivity index (χ2n) is 8.52. The summed E-state index contributed by atoms with van der Waals surface area (Å²) in [6, 6.07) is 26.0. The van der Waals surface area contributed by atoms with E-state index in [0.717, 1.165) is 16.3 Å². The molecule has 1 aliphatic rings. The minimum atomic E-state index is -0.783. The first-order valence-electron chi connectivity index (χ1n) is 11.2. The van der Waals surface area contributed by atoms with Crippen LogP contribution in [0.5, 0.6) is 5.75 Å². The molecule has 35 heavy (non-hydrogen) atoms. The topological polar surface area (TPSA) is 77.8 Å². The van der Waals surface area contributed by atoms with Crippen molar-refractivity contribution >= 4 is 39.8 Å². The fourth-order valence-corrected chi connectivity index (χ4v) is 4.63. The minimum absolute atomic E-state index is 0.0343. The molecule has 1 aliphatic heterocycles. The first-order chi connectivity index (χ1) is 16.9. The number of phenolic OH excluding ortho intramolecular Hbond substituents is 1. The van der Waals surface area contributed by atoms with Gasteiger partial charge in [-0.3, -0.25) is 9.59 Å². The molecule has 1 heterocycles. The number of aliphatic hydroxyl groups is 1. The minimum Gasteiger partial charge on any atom is -0.508 e. The summed E-state index contributed by atoms with van der Waals surface area (Å²) >= 11 is 5.98. The van der Waals surface area contributed by atoms with Gasteiger partial charge in [0.05, 0.1) is 11.6 Å². The predicted octanol–water partition coefficient (Wildman–Crippen LogP) is 5.86. The molecule has 174 valence electrons. The van der Waals surface area contributed by atoms with E-state index in [-0.39, 0.29) is 23.6 Å². The van der Waals surface area contributed by atoms with Gasteiger partial charge in [-0.15, -0.1) is 0 Å². The van der Waals surface area contributed by atoms with Crippen LogP contribution < -0.4 is 0 Å². The van der Waals surface area contributed by atoms with Gasteiger partial charge < -0.3 is 15.1 Å². The lowest BCUT2D eigenvalue weighted by Crippen LogP contribution is -2.31. The Labute approximate surface area is 207 Å². The molecule has 1 saturated heterocycles. The van der Waals surface area contributed by atoms with Crippen LogP contribution in [0.25, 0.3) is 16.5 Å². The van der Waals surface area contributed by atoms with Gasteiger partial charge in [-0.25, -0.2) is 0 Å². The summed E-state index contributed by atoms with van der Waals surface area (Å²) in [7, 11) is 0. The maximum absolute atomic E-state index is 13.2. The summed E-state index contributed by atoms with van der Waals surface area (Å²) in [4.78, 5) is 27.9. The summed E-state index contributed by atoms with van der Waals surface area (Å²) in [6.45, 7) is 0.270. The average Bonchev–Trinajstić information content (AvgIpc) is 3.13. The highest BCUT2D eigenvalue weighted by Gasteiger charge is 2.45. The molecule has 0 spiro atoms. The number of rotatable bonds is 5. The smallest absolute Gasteiger partial charge is 0.295 e. The van der Waals surface area contributed by atoms with E-state index in [1.54, 1.807) is 36.4 Å². The molecule has 2 N–H and O–H groups in total. The van der Waals surface area contributed by atoms with Crippen LogP contribution in [0.15, 0.2) is 96.6 Å². The number of halogens is 1. The summed E-state index contributed by atoms with van der Waals surface area (Å²) in [5.74, 6) is -1.55. The number of amides is 1. The zero-order valence-corrected chi connectivity index (χ0v) is 19.4. The van der Waals surface area contributed by atoms with Crippen molar-refractivity contribution in [3.63, 3.8) is 0 Å². The van der Waals surface area contributed by atoms with E-state index in [1.165, 1.54) is 17.0 Å². The van der Waals surface area contributed by atoms with Gasteiger partial charge in [0, 0.05) is 17.1 Å². The predicted molar refractivity (Wildman–Crippen MR) is 136 cm³/mol. The van der Waals surface area contributed by atoms with Gasteiger partial charge in [-0.1, -0.05) is 72.3 Å². The standard InChI is InChI=1S/C29H22ClNO4/c30-23-11-5-18(6-12-23)15-16-31-26(20-9-13-24(32)14-10-20)25(28(34)29(31)35)27(33)22-8-7-19-3-1-2-4-21(19)17-22/h1-14,17,26,32-33H,15-16H2/b27-25-. The Bertz CT molecular complexity index is 1460. The third kappa shape index (κ3) is 4.38. The van der Waals surface area contributed by atoms with Crippen LogP contribution >= 0.6 is 11.6 Å². The number of aliphatic hydroxyl groups excluding tert-OH is 1. The van der Waals surface area contributed by atoms with E-state index in [2.05, 4.69) is 0 Å². The largest absolute Gasteiger partial charge is 0.508 e. The fraction of sp³-hybridized carbons (Fsp3) is 0.103. The fourth-order valence-electron chi connectivity index (χ4n) is 4.51. The molecule has 5 rings (SSSR count). The molecule has 4 aromatic rings. The Balaban J connectivity index is 1.58. The highest BCUT2D eigenvalue weighted by atomic mass is 35.5. The van der Waals surface area contributed by atoms with Crippen molar-refractivity contribution in [2.45, 2.75) is 12.5 Å². The zero-order chi connectivity index (χ0) is 24.5. The zero-order valence-electron chi connectivity index (χ0n) is 18.7. The van der Waals surface area contributed by atoms with Crippen LogP contribution in [0, 0.1) is 0 Å². The molecule has 1 fully saturated rings. The highest BCUT2D eigenvalue weighted by molar-refractivity contribution is 6.46. The number of phenols is 1. The van der Waals surface area contributed by atoms with Gasteiger partial charge >= 0.3 is 0 Å². The van der Waals surface area contributed by atoms with Gasteiger partial charge in [0.1, 0.15) is 11.5 Å².